The van der Waals surface area contributed by atoms with Gasteiger partial charge in [-0.1, -0.05) is 34.6 Å². The van der Waals surface area contributed by atoms with Gasteiger partial charge >= 0.3 is 0 Å². The van der Waals surface area contributed by atoms with Crippen LogP contribution in [-0.2, 0) is 0 Å². The lowest BCUT2D eigenvalue weighted by molar-refractivity contribution is 0.227. The molecule has 0 aromatic carbocycles. The molecule has 0 fully saturated rings. The minimum Gasteiger partial charge on any atom is -0.313 e. The van der Waals surface area contributed by atoms with E-state index in [2.05, 4.69) is 58.9 Å². The molecule has 2 nitrogen and oxygen atoms in total. The molecule has 0 aliphatic rings. The smallest absolute Gasteiger partial charge is 0.0128 e. The van der Waals surface area contributed by atoms with Crippen molar-refractivity contribution >= 4 is 0 Å². The molecule has 1 N–H and O–H groups in total. The molecule has 0 radical (unpaired) electrons. The van der Waals surface area contributed by atoms with Gasteiger partial charge < -0.3 is 10.2 Å². The van der Waals surface area contributed by atoms with Crippen molar-refractivity contribution in [1.82, 2.24) is 10.2 Å². The Morgan fingerprint density at radius 2 is 1.67 bits per heavy atom. The molecule has 1 unspecified atom stereocenters. The van der Waals surface area contributed by atoms with Crippen LogP contribution in [0.4, 0.5) is 0 Å². The van der Waals surface area contributed by atoms with Crippen molar-refractivity contribution in [3.63, 3.8) is 0 Å². The summed E-state index contributed by atoms with van der Waals surface area (Å²) in [7, 11) is 4.28. The summed E-state index contributed by atoms with van der Waals surface area (Å²) in [5.41, 5.74) is 0.352. The molecule has 0 aromatic heterocycles. The molecule has 92 valence electrons. The van der Waals surface area contributed by atoms with Crippen LogP contribution >= 0.6 is 0 Å². The van der Waals surface area contributed by atoms with E-state index >= 15 is 0 Å². The maximum atomic E-state index is 3.69. The lowest BCUT2D eigenvalue weighted by Gasteiger charge is -2.33. The van der Waals surface area contributed by atoms with Gasteiger partial charge in [0, 0.05) is 6.04 Å². The maximum absolute atomic E-state index is 3.69. The predicted octanol–water partition coefficient (Wildman–Crippen LogP) is 2.60. The third-order valence-corrected chi connectivity index (χ3v) is 2.68. The van der Waals surface area contributed by atoms with Gasteiger partial charge in [-0.2, -0.15) is 0 Å². The fourth-order valence-electron chi connectivity index (χ4n) is 1.61. The molecule has 0 saturated carbocycles. The molecule has 0 rings (SSSR count). The number of rotatable bonds is 6. The SMILES string of the molecule is CC(C)CNC(CCN(C)C)C(C)(C)C. The highest BCUT2D eigenvalue weighted by Crippen LogP contribution is 2.22. The summed E-state index contributed by atoms with van der Waals surface area (Å²) >= 11 is 0. The Morgan fingerprint density at radius 1 is 1.13 bits per heavy atom. The van der Waals surface area contributed by atoms with E-state index in [0.29, 0.717) is 11.5 Å². The lowest BCUT2D eigenvalue weighted by Crippen LogP contribution is -2.43. The van der Waals surface area contributed by atoms with Crippen LogP contribution in [0.2, 0.25) is 0 Å². The molecule has 0 amide bonds. The summed E-state index contributed by atoms with van der Waals surface area (Å²) in [4.78, 5) is 2.26. The first-order chi connectivity index (χ1) is 6.73. The Bertz CT molecular complexity index is 144. The van der Waals surface area contributed by atoms with Gasteiger partial charge in [0.2, 0.25) is 0 Å². The summed E-state index contributed by atoms with van der Waals surface area (Å²) in [6.07, 6.45) is 1.23. The molecular weight excluding hydrogens is 184 g/mol. The Kier molecular flexibility index (Phi) is 6.46. The Morgan fingerprint density at radius 3 is 2.00 bits per heavy atom. The van der Waals surface area contributed by atoms with Gasteiger partial charge in [-0.25, -0.2) is 0 Å². The van der Waals surface area contributed by atoms with E-state index in [1.165, 1.54) is 6.42 Å². The summed E-state index contributed by atoms with van der Waals surface area (Å²) < 4.78 is 0. The average Bonchev–Trinajstić information content (AvgIpc) is 2.00. The van der Waals surface area contributed by atoms with Gasteiger partial charge in [0.05, 0.1) is 0 Å². The van der Waals surface area contributed by atoms with Gasteiger partial charge in [0.25, 0.3) is 0 Å². The van der Waals surface area contributed by atoms with Gasteiger partial charge in [-0.3, -0.25) is 0 Å². The van der Waals surface area contributed by atoms with Crippen LogP contribution in [0, 0.1) is 11.3 Å². The average molecular weight is 214 g/mol. The monoisotopic (exact) mass is 214 g/mol. The second-order valence-corrected chi connectivity index (χ2v) is 6.31. The molecule has 0 heterocycles. The van der Waals surface area contributed by atoms with E-state index in [-0.39, 0.29) is 0 Å². The van der Waals surface area contributed by atoms with Gasteiger partial charge in [-0.05, 0) is 44.9 Å². The fourth-order valence-corrected chi connectivity index (χ4v) is 1.61. The van der Waals surface area contributed by atoms with Crippen LogP contribution in [0.1, 0.15) is 41.0 Å². The van der Waals surface area contributed by atoms with Crippen molar-refractivity contribution in [1.29, 1.82) is 0 Å². The number of nitrogens with zero attached hydrogens (tertiary/aromatic N) is 1. The molecule has 2 heteroatoms. The normalized spacial score (nSPS) is 15.0. The van der Waals surface area contributed by atoms with Crippen LogP contribution < -0.4 is 5.32 Å². The minimum atomic E-state index is 0.352. The van der Waals surface area contributed by atoms with Crippen molar-refractivity contribution in [3.8, 4) is 0 Å². The first kappa shape index (κ1) is 14.9. The first-order valence-corrected chi connectivity index (χ1v) is 6.11. The van der Waals surface area contributed by atoms with E-state index in [4.69, 9.17) is 0 Å². The molecule has 15 heavy (non-hydrogen) atoms. The Labute approximate surface area is 96.4 Å². The van der Waals surface area contributed by atoms with Crippen LogP contribution in [-0.4, -0.2) is 38.1 Å². The molecular formula is C13H30N2. The molecule has 0 saturated heterocycles. The molecule has 0 bridgehead atoms. The second-order valence-electron chi connectivity index (χ2n) is 6.31. The highest BCUT2D eigenvalue weighted by molar-refractivity contribution is 4.81. The summed E-state index contributed by atoms with van der Waals surface area (Å²) in [6.45, 7) is 13.8. The van der Waals surface area contributed by atoms with E-state index in [1.54, 1.807) is 0 Å². The molecule has 1 atom stereocenters. The maximum Gasteiger partial charge on any atom is 0.0128 e. The van der Waals surface area contributed by atoms with Crippen molar-refractivity contribution in [2.75, 3.05) is 27.2 Å². The molecule has 0 aromatic rings. The largest absolute Gasteiger partial charge is 0.313 e. The second kappa shape index (κ2) is 6.49. The number of hydrogen-bond donors (Lipinski definition) is 1. The zero-order valence-corrected chi connectivity index (χ0v) is 11.7. The van der Waals surface area contributed by atoms with E-state index in [0.717, 1.165) is 19.0 Å². The summed E-state index contributed by atoms with van der Waals surface area (Å²) in [5.74, 6) is 0.731. The lowest BCUT2D eigenvalue weighted by atomic mass is 9.84. The van der Waals surface area contributed by atoms with Crippen LogP contribution in [0.5, 0.6) is 0 Å². The summed E-state index contributed by atoms with van der Waals surface area (Å²) in [5, 5.41) is 3.69. The third kappa shape index (κ3) is 7.80. The summed E-state index contributed by atoms with van der Waals surface area (Å²) in [6, 6.07) is 0.613. The van der Waals surface area contributed by atoms with Gasteiger partial charge in [0.15, 0.2) is 0 Å². The molecule has 0 aliphatic carbocycles. The van der Waals surface area contributed by atoms with Crippen LogP contribution in [0.3, 0.4) is 0 Å². The standard InChI is InChI=1S/C13H30N2/c1-11(2)10-14-12(13(3,4)5)8-9-15(6)7/h11-12,14H,8-10H2,1-7H3. The van der Waals surface area contributed by atoms with Crippen molar-refractivity contribution in [3.05, 3.63) is 0 Å². The number of nitrogens with one attached hydrogen (secondary N) is 1. The Hall–Kier alpha value is -0.0800. The van der Waals surface area contributed by atoms with Crippen molar-refractivity contribution in [2.24, 2.45) is 11.3 Å². The van der Waals surface area contributed by atoms with Crippen LogP contribution in [0.15, 0.2) is 0 Å². The van der Waals surface area contributed by atoms with Gasteiger partial charge in [0.1, 0.15) is 0 Å². The molecule has 0 aliphatic heterocycles. The predicted molar refractivity (Wildman–Crippen MR) is 69.3 cm³/mol. The van der Waals surface area contributed by atoms with E-state index < -0.39 is 0 Å². The van der Waals surface area contributed by atoms with Crippen molar-refractivity contribution in [2.45, 2.75) is 47.1 Å². The fraction of sp³-hybridized carbons (Fsp3) is 1.00. The van der Waals surface area contributed by atoms with E-state index in [9.17, 15) is 0 Å². The Balaban J connectivity index is 4.08. The first-order valence-electron chi connectivity index (χ1n) is 6.11. The highest BCUT2D eigenvalue weighted by atomic mass is 15.1. The third-order valence-electron chi connectivity index (χ3n) is 2.68. The van der Waals surface area contributed by atoms with Gasteiger partial charge in [-0.15, -0.1) is 0 Å². The zero-order valence-electron chi connectivity index (χ0n) is 11.7. The topological polar surface area (TPSA) is 15.3 Å². The zero-order chi connectivity index (χ0) is 12.1. The van der Waals surface area contributed by atoms with Crippen LogP contribution in [0.25, 0.3) is 0 Å². The van der Waals surface area contributed by atoms with E-state index in [1.807, 2.05) is 0 Å². The quantitative estimate of drug-likeness (QED) is 0.731. The number of hydrogen-bond acceptors (Lipinski definition) is 2. The van der Waals surface area contributed by atoms with Crippen molar-refractivity contribution < 1.29 is 0 Å². The minimum absolute atomic E-state index is 0.352. The molecule has 0 spiro atoms. The highest BCUT2D eigenvalue weighted by Gasteiger charge is 2.23.